The molecule has 21 heavy (non-hydrogen) atoms. The first-order valence-corrected chi connectivity index (χ1v) is 7.93. The van der Waals surface area contributed by atoms with Crippen LogP contribution in [-0.2, 0) is 4.74 Å². The Kier molecular flexibility index (Phi) is 8.26. The van der Waals surface area contributed by atoms with Crippen LogP contribution in [0.15, 0.2) is 0 Å². The summed E-state index contributed by atoms with van der Waals surface area (Å²) in [6, 6.07) is 0.412. The molecule has 126 valence electrons. The van der Waals surface area contributed by atoms with Gasteiger partial charge >= 0.3 is 6.09 Å². The lowest BCUT2D eigenvalue weighted by atomic mass is 10.0. The fourth-order valence-electron chi connectivity index (χ4n) is 2.37. The van der Waals surface area contributed by atoms with E-state index in [4.69, 9.17) is 10.5 Å². The molecule has 5 heteroatoms. The first-order valence-electron chi connectivity index (χ1n) is 7.93. The summed E-state index contributed by atoms with van der Waals surface area (Å²) >= 11 is 0. The van der Waals surface area contributed by atoms with Gasteiger partial charge in [0.05, 0.1) is 0 Å². The minimum absolute atomic E-state index is 0.0639. The van der Waals surface area contributed by atoms with Crippen molar-refractivity contribution < 1.29 is 9.53 Å². The molecule has 0 aliphatic rings. The lowest BCUT2D eigenvalue weighted by molar-refractivity contribution is 0.0446. The van der Waals surface area contributed by atoms with Crippen LogP contribution in [0.2, 0.25) is 0 Å². The van der Waals surface area contributed by atoms with Crippen LogP contribution in [0.4, 0.5) is 4.79 Å². The molecule has 0 saturated heterocycles. The number of carbonyl (C=O) groups is 1. The van der Waals surface area contributed by atoms with Crippen LogP contribution < -0.4 is 11.1 Å². The summed E-state index contributed by atoms with van der Waals surface area (Å²) in [5.41, 5.74) is 5.47. The number of hydrogen-bond acceptors (Lipinski definition) is 4. The van der Waals surface area contributed by atoms with Gasteiger partial charge in [-0.25, -0.2) is 4.79 Å². The van der Waals surface area contributed by atoms with Gasteiger partial charge < -0.3 is 15.8 Å². The Bertz CT molecular complexity index is 311. The number of nitrogens with two attached hydrogens (primary N) is 1. The van der Waals surface area contributed by atoms with E-state index in [-0.39, 0.29) is 18.2 Å². The zero-order chi connectivity index (χ0) is 16.8. The second-order valence-corrected chi connectivity index (χ2v) is 7.42. The van der Waals surface area contributed by atoms with E-state index in [1.54, 1.807) is 0 Å². The van der Waals surface area contributed by atoms with Gasteiger partial charge in [0.2, 0.25) is 0 Å². The zero-order valence-corrected chi connectivity index (χ0v) is 15.1. The van der Waals surface area contributed by atoms with E-state index in [9.17, 15) is 4.79 Å². The molecule has 0 bridgehead atoms. The monoisotopic (exact) mass is 301 g/mol. The van der Waals surface area contributed by atoms with Gasteiger partial charge in [-0.3, -0.25) is 4.90 Å². The third kappa shape index (κ3) is 8.27. The normalized spacial score (nSPS) is 15.4. The second-order valence-electron chi connectivity index (χ2n) is 7.42. The molecule has 0 aromatic rings. The van der Waals surface area contributed by atoms with Gasteiger partial charge in [-0.15, -0.1) is 0 Å². The second kappa shape index (κ2) is 8.59. The number of amides is 1. The van der Waals surface area contributed by atoms with Crippen LogP contribution in [0.1, 0.15) is 55.4 Å². The Morgan fingerprint density at radius 3 is 2.05 bits per heavy atom. The van der Waals surface area contributed by atoms with Crippen LogP contribution in [0.25, 0.3) is 0 Å². The summed E-state index contributed by atoms with van der Waals surface area (Å²) < 4.78 is 5.31. The number of ether oxygens (including phenoxy) is 1. The lowest BCUT2D eigenvalue weighted by Gasteiger charge is -2.39. The van der Waals surface area contributed by atoms with Gasteiger partial charge in [-0.1, -0.05) is 13.8 Å². The minimum atomic E-state index is -0.488. The first-order chi connectivity index (χ1) is 9.47. The highest BCUT2D eigenvalue weighted by molar-refractivity contribution is 5.68. The van der Waals surface area contributed by atoms with Gasteiger partial charge in [0.15, 0.2) is 0 Å². The van der Waals surface area contributed by atoms with Gasteiger partial charge in [-0.05, 0) is 47.5 Å². The maximum Gasteiger partial charge on any atom is 0.407 e. The minimum Gasteiger partial charge on any atom is -0.444 e. The van der Waals surface area contributed by atoms with E-state index in [1.807, 2.05) is 27.7 Å². The smallest absolute Gasteiger partial charge is 0.407 e. The summed E-state index contributed by atoms with van der Waals surface area (Å²) in [5.74, 6) is 0.551. The number of nitrogens with zero attached hydrogens (tertiary/aromatic N) is 1. The summed E-state index contributed by atoms with van der Waals surface area (Å²) in [6.45, 7) is 17.7. The maximum absolute atomic E-state index is 11.9. The summed E-state index contributed by atoms with van der Waals surface area (Å²) in [5, 5.41) is 2.91. The highest BCUT2D eigenvalue weighted by atomic mass is 16.6. The van der Waals surface area contributed by atoms with Crippen LogP contribution in [0.3, 0.4) is 0 Å². The molecule has 0 aromatic carbocycles. The molecule has 0 aliphatic carbocycles. The molecule has 0 aliphatic heterocycles. The molecule has 0 spiro atoms. The van der Waals surface area contributed by atoms with Crippen molar-refractivity contribution in [2.45, 2.75) is 79.1 Å². The topological polar surface area (TPSA) is 67.6 Å². The van der Waals surface area contributed by atoms with Crippen molar-refractivity contribution in [3.8, 4) is 0 Å². The Hall–Kier alpha value is -0.810. The van der Waals surface area contributed by atoms with Crippen molar-refractivity contribution >= 4 is 6.09 Å². The molecule has 0 rings (SSSR count). The van der Waals surface area contributed by atoms with E-state index >= 15 is 0 Å². The standard InChI is InChI=1S/C16H35N3O2/c1-11(2)10-19(12(3)4)14(9-17)13(5)18-15(20)21-16(6,7)8/h11-14H,9-10,17H2,1-8H3,(H,18,20). The average Bonchev–Trinajstić information content (AvgIpc) is 2.24. The van der Waals surface area contributed by atoms with Crippen LogP contribution in [-0.4, -0.2) is 47.8 Å². The van der Waals surface area contributed by atoms with Gasteiger partial charge in [0.1, 0.15) is 5.60 Å². The summed E-state index contributed by atoms with van der Waals surface area (Å²) in [7, 11) is 0. The van der Waals surface area contributed by atoms with Crippen molar-refractivity contribution in [2.24, 2.45) is 11.7 Å². The Morgan fingerprint density at radius 2 is 1.71 bits per heavy atom. The van der Waals surface area contributed by atoms with Gasteiger partial charge in [0, 0.05) is 31.2 Å². The van der Waals surface area contributed by atoms with E-state index in [2.05, 4.69) is 37.9 Å². The molecular formula is C16H35N3O2. The third-order valence-electron chi connectivity index (χ3n) is 3.23. The summed E-state index contributed by atoms with van der Waals surface area (Å²) in [6.07, 6.45) is -0.387. The molecule has 0 aromatic heterocycles. The van der Waals surface area contributed by atoms with Crippen molar-refractivity contribution in [1.29, 1.82) is 0 Å². The average molecular weight is 301 g/mol. The molecule has 2 unspecified atom stereocenters. The molecule has 0 fully saturated rings. The van der Waals surface area contributed by atoms with E-state index < -0.39 is 5.60 Å². The zero-order valence-electron chi connectivity index (χ0n) is 15.1. The number of hydrogen-bond donors (Lipinski definition) is 2. The highest BCUT2D eigenvalue weighted by Crippen LogP contribution is 2.13. The van der Waals surface area contributed by atoms with Gasteiger partial charge in [0.25, 0.3) is 0 Å². The molecule has 1 amide bonds. The summed E-state index contributed by atoms with van der Waals surface area (Å²) in [4.78, 5) is 14.3. The fraction of sp³-hybridized carbons (Fsp3) is 0.938. The molecule has 0 saturated carbocycles. The number of alkyl carbamates (subject to hydrolysis) is 1. The quantitative estimate of drug-likeness (QED) is 0.758. The number of rotatable bonds is 7. The van der Waals surface area contributed by atoms with E-state index in [0.717, 1.165) is 6.54 Å². The molecule has 3 N–H and O–H groups in total. The maximum atomic E-state index is 11.9. The third-order valence-corrected chi connectivity index (χ3v) is 3.23. The van der Waals surface area contributed by atoms with Gasteiger partial charge in [-0.2, -0.15) is 0 Å². The van der Waals surface area contributed by atoms with Crippen LogP contribution in [0.5, 0.6) is 0 Å². The molecule has 2 atom stereocenters. The Morgan fingerprint density at radius 1 is 1.19 bits per heavy atom. The Labute approximate surface area is 130 Å². The van der Waals surface area contributed by atoms with Crippen molar-refractivity contribution in [3.05, 3.63) is 0 Å². The molecule has 0 radical (unpaired) electrons. The lowest BCUT2D eigenvalue weighted by Crippen LogP contribution is -2.57. The predicted molar refractivity (Wildman–Crippen MR) is 88.4 cm³/mol. The SMILES string of the molecule is CC(C)CN(C(C)C)C(CN)C(C)NC(=O)OC(C)(C)C. The van der Waals surface area contributed by atoms with Crippen molar-refractivity contribution in [1.82, 2.24) is 10.2 Å². The molecule has 5 nitrogen and oxygen atoms in total. The molecular weight excluding hydrogens is 266 g/mol. The first kappa shape index (κ1) is 20.2. The van der Waals surface area contributed by atoms with E-state index in [0.29, 0.717) is 18.5 Å². The fourth-order valence-corrected chi connectivity index (χ4v) is 2.37. The molecule has 0 heterocycles. The predicted octanol–water partition coefficient (Wildman–Crippen LogP) is 2.59. The van der Waals surface area contributed by atoms with Crippen LogP contribution in [0, 0.1) is 5.92 Å². The number of carbonyl (C=O) groups excluding carboxylic acids is 1. The van der Waals surface area contributed by atoms with Crippen molar-refractivity contribution in [2.75, 3.05) is 13.1 Å². The highest BCUT2D eigenvalue weighted by Gasteiger charge is 2.28. The number of nitrogens with one attached hydrogen (secondary N) is 1. The van der Waals surface area contributed by atoms with Crippen LogP contribution >= 0.6 is 0 Å². The Balaban J connectivity index is 4.79. The van der Waals surface area contributed by atoms with E-state index in [1.165, 1.54) is 0 Å². The van der Waals surface area contributed by atoms with Crippen molar-refractivity contribution in [3.63, 3.8) is 0 Å². The largest absolute Gasteiger partial charge is 0.444 e.